The van der Waals surface area contributed by atoms with E-state index in [4.69, 9.17) is 9.47 Å². The highest BCUT2D eigenvalue weighted by molar-refractivity contribution is 6.01. The largest absolute Gasteiger partial charge is 0.509 e. The molecule has 13 atom stereocenters. The fourth-order valence-corrected chi connectivity index (χ4v) is 10.8. The Balaban J connectivity index is 1.32. The van der Waals surface area contributed by atoms with Gasteiger partial charge in [0.1, 0.15) is 12.3 Å². The van der Waals surface area contributed by atoms with Gasteiger partial charge in [0, 0.05) is 22.7 Å². The number of allylic oxidation sites excluding steroid dienone is 4. The number of ether oxygens (including phenoxy) is 2. The van der Waals surface area contributed by atoms with Crippen LogP contribution in [0.25, 0.3) is 0 Å². The van der Waals surface area contributed by atoms with Gasteiger partial charge < -0.3 is 19.7 Å². The van der Waals surface area contributed by atoms with Gasteiger partial charge in [0.2, 0.25) is 5.60 Å². The number of aliphatic hydroxyl groups is 1. The number of aliphatic hydroxyl groups excluding tert-OH is 1. The van der Waals surface area contributed by atoms with Crippen LogP contribution in [0.2, 0.25) is 0 Å². The number of halogens is 2. The van der Waals surface area contributed by atoms with Crippen LogP contribution in [0.3, 0.4) is 0 Å². The first-order valence-electron chi connectivity index (χ1n) is 15.0. The van der Waals surface area contributed by atoms with Gasteiger partial charge in [0.15, 0.2) is 11.5 Å². The number of carboxylic acids is 1. The van der Waals surface area contributed by atoms with Crippen LogP contribution in [0.5, 0.6) is 0 Å². The molecule has 2 unspecified atom stereocenters. The molecule has 2 bridgehead atoms. The number of ketones is 1. The number of carboxylic acid groups (broad SMARTS) is 1. The van der Waals surface area contributed by atoms with E-state index in [-0.39, 0.29) is 36.2 Å². The molecule has 0 saturated heterocycles. The van der Waals surface area contributed by atoms with Gasteiger partial charge >= 0.3 is 12.1 Å². The molecular weight excluding hydrogens is 534 g/mol. The SMILES string of the molecule is C[C@@H]1C[C@H]2[C@@H]3C[C@H](F)C4=CC(=O)C=C[C@]4(C)[C@@]3(F)[C@@H](O)C[C@]2(C)[C@@]1(OC(=O)O[C@H]1CC2CC([C@@H]1C)C2(C)C)C(=O)O. The fraction of sp³-hybridized carbons (Fsp3) is 0.781. The second-order valence-corrected chi connectivity index (χ2v) is 15.0. The summed E-state index contributed by atoms with van der Waals surface area (Å²) in [6.07, 6.45) is 0.208. The van der Waals surface area contributed by atoms with E-state index in [1.54, 1.807) is 13.8 Å². The molecule has 0 spiro atoms. The summed E-state index contributed by atoms with van der Waals surface area (Å²) in [6.45, 7) is 11.3. The lowest BCUT2D eigenvalue weighted by Crippen LogP contribution is -2.71. The van der Waals surface area contributed by atoms with Crippen molar-refractivity contribution in [2.45, 2.75) is 103 Å². The van der Waals surface area contributed by atoms with Crippen LogP contribution < -0.4 is 0 Å². The maximum atomic E-state index is 17.4. The van der Waals surface area contributed by atoms with Crippen molar-refractivity contribution in [1.29, 1.82) is 0 Å². The Labute approximate surface area is 239 Å². The monoisotopic (exact) mass is 576 g/mol. The van der Waals surface area contributed by atoms with Crippen LogP contribution in [-0.4, -0.2) is 57.8 Å². The number of hydrogen-bond donors (Lipinski definition) is 2. The van der Waals surface area contributed by atoms with Crippen molar-refractivity contribution in [3.05, 3.63) is 23.8 Å². The number of carbonyl (C=O) groups excluding carboxylic acids is 2. The molecule has 41 heavy (non-hydrogen) atoms. The van der Waals surface area contributed by atoms with Crippen molar-refractivity contribution in [3.63, 3.8) is 0 Å². The van der Waals surface area contributed by atoms with Crippen molar-refractivity contribution in [2.75, 3.05) is 0 Å². The van der Waals surface area contributed by atoms with Crippen LogP contribution in [0.1, 0.15) is 73.6 Å². The van der Waals surface area contributed by atoms with Crippen molar-refractivity contribution < 1.29 is 42.9 Å². The van der Waals surface area contributed by atoms with Crippen molar-refractivity contribution >= 4 is 17.9 Å². The summed E-state index contributed by atoms with van der Waals surface area (Å²) in [6, 6.07) is 0. The van der Waals surface area contributed by atoms with Crippen LogP contribution >= 0.6 is 0 Å². The van der Waals surface area contributed by atoms with Gasteiger partial charge in [-0.15, -0.1) is 0 Å². The lowest BCUT2D eigenvalue weighted by molar-refractivity contribution is -0.234. The standard InChI is InChI=1S/C32H42F2O7/c1-15-9-20-21-13-23(33)22-12-18(35)7-8-29(22,5)31(21,34)25(36)14-30(20,6)32(15,26(37)38)41-27(39)40-24-11-17-10-19(16(24)2)28(17,3)4/h7-8,12,15-17,19-21,23-25,36H,9-11,13-14H2,1-6H3,(H,37,38)/t15-,16+,17?,19?,20+,21+,23+,24+,25+,29+,30+,31+,32+/m1/s1. The molecule has 0 aromatic carbocycles. The number of fused-ring (bicyclic) bond motifs is 7. The summed E-state index contributed by atoms with van der Waals surface area (Å²) < 4.78 is 44.8. The smallest absolute Gasteiger partial charge is 0.478 e. The molecule has 2 N–H and O–H groups in total. The number of hydrogen-bond acceptors (Lipinski definition) is 6. The molecule has 7 aliphatic carbocycles. The molecule has 0 aliphatic heterocycles. The van der Waals surface area contributed by atoms with Crippen LogP contribution in [0, 0.1) is 51.8 Å². The normalized spacial score (nSPS) is 52.8. The molecular formula is C32H42F2O7. The van der Waals surface area contributed by atoms with Crippen molar-refractivity contribution in [2.24, 2.45) is 51.8 Å². The summed E-state index contributed by atoms with van der Waals surface area (Å²) in [5, 5.41) is 22.2. The Morgan fingerprint density at radius 2 is 1.71 bits per heavy atom. The minimum Gasteiger partial charge on any atom is -0.478 e. The van der Waals surface area contributed by atoms with Crippen LogP contribution in [0.15, 0.2) is 23.8 Å². The van der Waals surface area contributed by atoms with Gasteiger partial charge in [-0.3, -0.25) is 4.79 Å². The van der Waals surface area contributed by atoms with E-state index in [1.165, 1.54) is 19.1 Å². The third kappa shape index (κ3) is 3.36. The molecule has 9 heteroatoms. The van der Waals surface area contributed by atoms with Gasteiger partial charge in [0.05, 0.1) is 6.10 Å². The molecule has 0 aromatic rings. The highest BCUT2D eigenvalue weighted by Gasteiger charge is 2.78. The topological polar surface area (TPSA) is 110 Å². The quantitative estimate of drug-likeness (QED) is 0.421. The molecule has 0 heterocycles. The Kier molecular flexibility index (Phi) is 6.07. The minimum absolute atomic E-state index is 0.00426. The van der Waals surface area contributed by atoms with E-state index in [0.29, 0.717) is 18.3 Å². The summed E-state index contributed by atoms with van der Waals surface area (Å²) in [5.41, 5.74) is -7.24. The zero-order valence-electron chi connectivity index (χ0n) is 24.7. The zero-order chi connectivity index (χ0) is 30.1. The molecule has 0 aromatic heterocycles. The molecule has 0 amide bonds. The third-order valence-electron chi connectivity index (χ3n) is 13.3. The van der Waals surface area contributed by atoms with E-state index >= 15 is 8.78 Å². The summed E-state index contributed by atoms with van der Waals surface area (Å²) >= 11 is 0. The molecule has 0 radical (unpaired) electrons. The number of rotatable bonds is 3. The average molecular weight is 577 g/mol. The second kappa shape index (κ2) is 8.64. The number of carbonyl (C=O) groups is 3. The van der Waals surface area contributed by atoms with Gasteiger partial charge in [-0.2, -0.15) is 0 Å². The van der Waals surface area contributed by atoms with Gasteiger partial charge in [0.25, 0.3) is 0 Å². The molecule has 6 saturated carbocycles. The first kappa shape index (κ1) is 28.8. The Hall–Kier alpha value is -2.29. The zero-order valence-corrected chi connectivity index (χ0v) is 24.7. The fourth-order valence-electron chi connectivity index (χ4n) is 10.8. The highest BCUT2D eigenvalue weighted by atomic mass is 19.1. The lowest BCUT2D eigenvalue weighted by Gasteiger charge is -2.63. The first-order chi connectivity index (χ1) is 18.9. The van der Waals surface area contributed by atoms with Crippen molar-refractivity contribution in [3.8, 4) is 0 Å². The second-order valence-electron chi connectivity index (χ2n) is 15.0. The minimum atomic E-state index is -2.34. The predicted octanol–water partition coefficient (Wildman–Crippen LogP) is 5.60. The summed E-state index contributed by atoms with van der Waals surface area (Å²) in [4.78, 5) is 38.6. The molecule has 7 rings (SSSR count). The number of alkyl halides is 2. The Morgan fingerprint density at radius 3 is 2.32 bits per heavy atom. The first-order valence-corrected chi connectivity index (χ1v) is 15.0. The summed E-state index contributed by atoms with van der Waals surface area (Å²) in [7, 11) is 0. The Morgan fingerprint density at radius 1 is 1.02 bits per heavy atom. The summed E-state index contributed by atoms with van der Waals surface area (Å²) in [5.74, 6) is -3.43. The maximum Gasteiger partial charge on any atom is 0.509 e. The maximum absolute atomic E-state index is 17.4. The average Bonchev–Trinajstić information content (AvgIpc) is 3.10. The molecule has 6 fully saturated rings. The predicted molar refractivity (Wildman–Crippen MR) is 144 cm³/mol. The van der Waals surface area contributed by atoms with E-state index in [2.05, 4.69) is 13.8 Å². The van der Waals surface area contributed by atoms with Gasteiger partial charge in [-0.1, -0.05) is 40.7 Å². The van der Waals surface area contributed by atoms with E-state index in [1.807, 2.05) is 6.92 Å². The van der Waals surface area contributed by atoms with Gasteiger partial charge in [-0.25, -0.2) is 18.4 Å². The molecule has 7 nitrogen and oxygen atoms in total. The molecule has 226 valence electrons. The van der Waals surface area contributed by atoms with E-state index < -0.39 is 76.1 Å². The lowest BCUT2D eigenvalue weighted by atomic mass is 9.44. The van der Waals surface area contributed by atoms with Crippen LogP contribution in [0.4, 0.5) is 13.6 Å². The number of aliphatic carboxylic acids is 1. The van der Waals surface area contributed by atoms with E-state index in [0.717, 1.165) is 12.5 Å². The Bertz CT molecular complexity index is 1260. The third-order valence-corrected chi connectivity index (χ3v) is 13.3. The van der Waals surface area contributed by atoms with Crippen LogP contribution in [-0.2, 0) is 19.1 Å². The highest BCUT2D eigenvalue weighted by Crippen LogP contribution is 2.71. The van der Waals surface area contributed by atoms with E-state index in [9.17, 15) is 24.6 Å². The van der Waals surface area contributed by atoms with Gasteiger partial charge in [-0.05, 0) is 85.8 Å². The van der Waals surface area contributed by atoms with Crippen molar-refractivity contribution in [1.82, 2.24) is 0 Å². The molecule has 7 aliphatic rings.